The highest BCUT2D eigenvalue weighted by atomic mass is 16.7. The normalized spacial score (nSPS) is 11.1. The van der Waals surface area contributed by atoms with Crippen molar-refractivity contribution in [3.05, 3.63) is 39.9 Å². The number of nitrogens with zero attached hydrogens (tertiary/aromatic N) is 1. The third-order valence-electron chi connectivity index (χ3n) is 3.07. The van der Waals surface area contributed by atoms with Crippen LogP contribution in [0.5, 0.6) is 0 Å². The molecule has 0 aliphatic rings. The molecule has 0 saturated heterocycles. The van der Waals surface area contributed by atoms with Crippen LogP contribution in [-0.2, 0) is 35.1 Å². The molecule has 0 amide bonds. The van der Waals surface area contributed by atoms with E-state index in [0.29, 0.717) is 0 Å². The molecule has 0 bridgehead atoms. The fraction of sp³-hybridized carbons (Fsp3) is 0.400. The standard InChI is InChI=1S/C15H17NO9/c1-22-13(17)8-7-12(14(18)23-2)25-15(19)24-9-10-5-3-4-6-11(10)16(20)21/h3-6,12H,7-9H2,1-2H3. The summed E-state index contributed by atoms with van der Waals surface area (Å²) in [6.45, 7) is -0.416. The molecule has 0 N–H and O–H groups in total. The Bertz CT molecular complexity index is 644. The predicted molar refractivity (Wildman–Crippen MR) is 81.4 cm³/mol. The van der Waals surface area contributed by atoms with E-state index in [9.17, 15) is 24.5 Å². The van der Waals surface area contributed by atoms with Crippen LogP contribution < -0.4 is 0 Å². The molecule has 0 aliphatic heterocycles. The number of nitro groups is 1. The molecule has 1 atom stereocenters. The van der Waals surface area contributed by atoms with Gasteiger partial charge in [-0.3, -0.25) is 14.9 Å². The Balaban J connectivity index is 2.64. The van der Waals surface area contributed by atoms with Crippen LogP contribution >= 0.6 is 0 Å². The lowest BCUT2D eigenvalue weighted by Gasteiger charge is -2.15. The Kier molecular flexibility index (Phi) is 7.83. The van der Waals surface area contributed by atoms with E-state index >= 15 is 0 Å². The van der Waals surface area contributed by atoms with Gasteiger partial charge in [0.1, 0.15) is 6.61 Å². The molecule has 0 saturated carbocycles. The fourth-order valence-electron chi connectivity index (χ4n) is 1.81. The van der Waals surface area contributed by atoms with Crippen molar-refractivity contribution in [1.29, 1.82) is 0 Å². The highest BCUT2D eigenvalue weighted by Gasteiger charge is 2.26. The highest BCUT2D eigenvalue weighted by Crippen LogP contribution is 2.19. The Labute approximate surface area is 142 Å². The predicted octanol–water partition coefficient (Wildman–Crippen LogP) is 1.74. The first-order chi connectivity index (χ1) is 11.9. The maximum Gasteiger partial charge on any atom is 0.509 e. The van der Waals surface area contributed by atoms with Crippen LogP contribution in [0.1, 0.15) is 18.4 Å². The summed E-state index contributed by atoms with van der Waals surface area (Å²) in [5.41, 5.74) is -0.0564. The molecule has 1 aromatic carbocycles. The third-order valence-corrected chi connectivity index (χ3v) is 3.07. The van der Waals surface area contributed by atoms with Crippen molar-refractivity contribution < 1.29 is 38.3 Å². The van der Waals surface area contributed by atoms with Gasteiger partial charge in [-0.05, 0) is 6.07 Å². The van der Waals surface area contributed by atoms with Gasteiger partial charge in [-0.1, -0.05) is 12.1 Å². The zero-order valence-corrected chi connectivity index (χ0v) is 13.6. The zero-order chi connectivity index (χ0) is 18.8. The second-order valence-corrected chi connectivity index (χ2v) is 4.67. The number of carbonyl (C=O) groups is 3. The Morgan fingerprint density at radius 2 is 1.84 bits per heavy atom. The molecule has 136 valence electrons. The van der Waals surface area contributed by atoms with Gasteiger partial charge >= 0.3 is 18.1 Å². The third kappa shape index (κ3) is 6.45. The lowest BCUT2D eigenvalue weighted by molar-refractivity contribution is -0.385. The van der Waals surface area contributed by atoms with E-state index in [1.54, 1.807) is 6.07 Å². The molecule has 10 heteroatoms. The smallest absolute Gasteiger partial charge is 0.469 e. The van der Waals surface area contributed by atoms with E-state index < -0.39 is 35.7 Å². The number of nitro benzene ring substituents is 1. The van der Waals surface area contributed by atoms with Gasteiger partial charge in [-0.2, -0.15) is 0 Å². The number of rotatable bonds is 8. The van der Waals surface area contributed by atoms with Gasteiger partial charge in [0.15, 0.2) is 0 Å². The lowest BCUT2D eigenvalue weighted by atomic mass is 10.2. The maximum atomic E-state index is 11.7. The van der Waals surface area contributed by atoms with Crippen LogP contribution in [0.4, 0.5) is 10.5 Å². The summed E-state index contributed by atoms with van der Waals surface area (Å²) in [5, 5.41) is 10.9. The van der Waals surface area contributed by atoms with Crippen LogP contribution in [0.3, 0.4) is 0 Å². The highest BCUT2D eigenvalue weighted by molar-refractivity contribution is 5.78. The Morgan fingerprint density at radius 1 is 1.16 bits per heavy atom. The van der Waals surface area contributed by atoms with Crippen molar-refractivity contribution in [3.63, 3.8) is 0 Å². The summed E-state index contributed by atoms with van der Waals surface area (Å²) >= 11 is 0. The molecule has 0 radical (unpaired) electrons. The average Bonchev–Trinajstić information content (AvgIpc) is 2.62. The molecule has 0 heterocycles. The largest absolute Gasteiger partial charge is 0.509 e. The molecule has 0 aromatic heterocycles. The molecular formula is C15H17NO9. The van der Waals surface area contributed by atoms with E-state index in [1.807, 2.05) is 0 Å². The van der Waals surface area contributed by atoms with E-state index in [2.05, 4.69) is 9.47 Å². The number of hydrogen-bond acceptors (Lipinski definition) is 9. The second kappa shape index (κ2) is 9.85. The average molecular weight is 355 g/mol. The Hall–Kier alpha value is -3.17. The number of benzene rings is 1. The van der Waals surface area contributed by atoms with Gasteiger partial charge < -0.3 is 18.9 Å². The van der Waals surface area contributed by atoms with Crippen LogP contribution in [0.25, 0.3) is 0 Å². The maximum absolute atomic E-state index is 11.7. The minimum absolute atomic E-state index is 0.153. The Morgan fingerprint density at radius 3 is 2.44 bits per heavy atom. The molecule has 1 aromatic rings. The number of para-hydroxylation sites is 1. The summed E-state index contributed by atoms with van der Waals surface area (Å²) in [4.78, 5) is 44.7. The topological polar surface area (TPSA) is 131 Å². The van der Waals surface area contributed by atoms with Crippen molar-refractivity contribution in [2.24, 2.45) is 0 Å². The number of carbonyl (C=O) groups excluding carboxylic acids is 3. The minimum Gasteiger partial charge on any atom is -0.469 e. The molecule has 0 fully saturated rings. The monoisotopic (exact) mass is 355 g/mol. The first kappa shape index (κ1) is 19.9. The van der Waals surface area contributed by atoms with E-state index in [4.69, 9.17) is 9.47 Å². The van der Waals surface area contributed by atoms with Crippen molar-refractivity contribution in [2.75, 3.05) is 14.2 Å². The van der Waals surface area contributed by atoms with Gasteiger partial charge in [0.05, 0.1) is 24.7 Å². The number of hydrogen-bond donors (Lipinski definition) is 0. The summed E-state index contributed by atoms with van der Waals surface area (Å²) in [6.07, 6.45) is -2.91. The van der Waals surface area contributed by atoms with Crippen molar-refractivity contribution >= 4 is 23.8 Å². The molecule has 10 nitrogen and oxygen atoms in total. The first-order valence-electron chi connectivity index (χ1n) is 7.09. The molecule has 1 unspecified atom stereocenters. The van der Waals surface area contributed by atoms with Crippen LogP contribution in [0.15, 0.2) is 24.3 Å². The van der Waals surface area contributed by atoms with Crippen molar-refractivity contribution in [1.82, 2.24) is 0 Å². The van der Waals surface area contributed by atoms with Crippen LogP contribution in [0.2, 0.25) is 0 Å². The zero-order valence-electron chi connectivity index (χ0n) is 13.6. The number of ether oxygens (including phenoxy) is 4. The lowest BCUT2D eigenvalue weighted by Crippen LogP contribution is -2.29. The number of methoxy groups -OCH3 is 2. The molecular weight excluding hydrogens is 338 g/mol. The van der Waals surface area contributed by atoms with Crippen LogP contribution in [0, 0.1) is 10.1 Å². The summed E-state index contributed by atoms with van der Waals surface area (Å²) < 4.78 is 18.5. The summed E-state index contributed by atoms with van der Waals surface area (Å²) in [7, 11) is 2.27. The van der Waals surface area contributed by atoms with E-state index in [-0.39, 0.29) is 24.1 Å². The quantitative estimate of drug-likeness (QED) is 0.296. The van der Waals surface area contributed by atoms with Gasteiger partial charge in [0, 0.05) is 18.9 Å². The second-order valence-electron chi connectivity index (χ2n) is 4.67. The van der Waals surface area contributed by atoms with E-state index in [1.165, 1.54) is 25.3 Å². The minimum atomic E-state index is -1.36. The SMILES string of the molecule is COC(=O)CCC(OC(=O)OCc1ccccc1[N+](=O)[O-])C(=O)OC. The molecule has 0 aliphatic carbocycles. The molecule has 1 rings (SSSR count). The fourth-order valence-corrected chi connectivity index (χ4v) is 1.81. The summed E-state index contributed by atoms with van der Waals surface area (Å²) in [6, 6.07) is 5.70. The van der Waals surface area contributed by atoms with Crippen molar-refractivity contribution in [2.45, 2.75) is 25.6 Å². The number of esters is 2. The van der Waals surface area contributed by atoms with Crippen LogP contribution in [-0.4, -0.2) is 43.3 Å². The van der Waals surface area contributed by atoms with Gasteiger partial charge in [0.25, 0.3) is 5.69 Å². The van der Waals surface area contributed by atoms with Gasteiger partial charge in [0.2, 0.25) is 6.10 Å². The first-order valence-corrected chi connectivity index (χ1v) is 7.09. The van der Waals surface area contributed by atoms with E-state index in [0.717, 1.165) is 7.11 Å². The van der Waals surface area contributed by atoms with Gasteiger partial charge in [-0.15, -0.1) is 0 Å². The summed E-state index contributed by atoms with van der Waals surface area (Å²) in [5.74, 6) is -1.46. The molecule has 25 heavy (non-hydrogen) atoms. The molecule has 0 spiro atoms. The van der Waals surface area contributed by atoms with Crippen molar-refractivity contribution in [3.8, 4) is 0 Å². The van der Waals surface area contributed by atoms with Gasteiger partial charge in [-0.25, -0.2) is 9.59 Å².